The Morgan fingerprint density at radius 1 is 1.44 bits per heavy atom. The van der Waals surface area contributed by atoms with Crippen LogP contribution in [0.25, 0.3) is 0 Å². The molecule has 16 heavy (non-hydrogen) atoms. The molecule has 0 aliphatic carbocycles. The number of rotatable bonds is 4. The molecule has 1 heterocycles. The van der Waals surface area contributed by atoms with Crippen molar-refractivity contribution in [2.75, 3.05) is 0 Å². The minimum atomic E-state index is -0.0162. The fourth-order valence-electron chi connectivity index (χ4n) is 1.43. The van der Waals surface area contributed by atoms with Crippen LogP contribution in [0.3, 0.4) is 0 Å². The summed E-state index contributed by atoms with van der Waals surface area (Å²) in [5, 5.41) is 0. The third-order valence-corrected chi connectivity index (χ3v) is 2.73. The average molecular weight is 280 g/mol. The van der Waals surface area contributed by atoms with Gasteiger partial charge in [0.25, 0.3) is 0 Å². The lowest BCUT2D eigenvalue weighted by atomic mass is 10.1. The van der Waals surface area contributed by atoms with Crippen molar-refractivity contribution < 1.29 is 9.21 Å². The number of carbonyl (C=O) groups is 1. The van der Waals surface area contributed by atoms with Gasteiger partial charge in [-0.15, -0.1) is 0 Å². The summed E-state index contributed by atoms with van der Waals surface area (Å²) in [4.78, 5) is 15.3. The van der Waals surface area contributed by atoms with Gasteiger partial charge < -0.3 is 4.42 Å². The molecule has 1 aromatic heterocycles. The second-order valence-corrected chi connectivity index (χ2v) is 4.33. The summed E-state index contributed by atoms with van der Waals surface area (Å²) in [7, 11) is 0. The van der Waals surface area contributed by atoms with E-state index in [0.717, 1.165) is 10.0 Å². The van der Waals surface area contributed by atoms with Crippen LogP contribution in [-0.4, -0.2) is 10.8 Å². The van der Waals surface area contributed by atoms with Crippen molar-refractivity contribution in [3.8, 4) is 0 Å². The predicted molar refractivity (Wildman–Crippen MR) is 63.3 cm³/mol. The smallest absolute Gasteiger partial charge is 0.200 e. The molecule has 2 aromatic rings. The number of halogens is 1. The lowest BCUT2D eigenvalue weighted by Crippen LogP contribution is -1.99. The van der Waals surface area contributed by atoms with E-state index in [4.69, 9.17) is 4.42 Å². The molecule has 0 unspecified atom stereocenters. The van der Waals surface area contributed by atoms with E-state index in [9.17, 15) is 4.79 Å². The van der Waals surface area contributed by atoms with Crippen molar-refractivity contribution in [1.29, 1.82) is 0 Å². The summed E-state index contributed by atoms with van der Waals surface area (Å²) in [5.41, 5.74) is 1.13. The zero-order valence-corrected chi connectivity index (χ0v) is 10.1. The van der Waals surface area contributed by atoms with Crippen LogP contribution in [0.1, 0.15) is 22.5 Å². The van der Waals surface area contributed by atoms with Crippen LogP contribution in [-0.2, 0) is 6.42 Å². The number of hydrogen-bond acceptors (Lipinski definition) is 3. The molecule has 0 bridgehead atoms. The van der Waals surface area contributed by atoms with Gasteiger partial charge in [0, 0.05) is 10.9 Å². The van der Waals surface area contributed by atoms with Gasteiger partial charge in [-0.3, -0.25) is 4.79 Å². The molecule has 0 atom stereocenters. The molecule has 0 saturated heterocycles. The van der Waals surface area contributed by atoms with Crippen LogP contribution >= 0.6 is 15.9 Å². The molecule has 0 saturated carbocycles. The summed E-state index contributed by atoms with van der Waals surface area (Å²) >= 11 is 3.39. The highest BCUT2D eigenvalue weighted by Gasteiger charge is 2.09. The van der Waals surface area contributed by atoms with Crippen molar-refractivity contribution in [3.05, 3.63) is 52.7 Å². The fraction of sp³-hybridized carbons (Fsp3) is 0.167. The molecule has 4 heteroatoms. The van der Waals surface area contributed by atoms with Crippen molar-refractivity contribution in [3.63, 3.8) is 0 Å². The topological polar surface area (TPSA) is 43.1 Å². The number of oxazole rings is 1. The first-order valence-electron chi connectivity index (χ1n) is 4.92. The van der Waals surface area contributed by atoms with Crippen LogP contribution < -0.4 is 0 Å². The van der Waals surface area contributed by atoms with Crippen LogP contribution in [0, 0.1) is 0 Å². The fourth-order valence-corrected chi connectivity index (χ4v) is 1.87. The summed E-state index contributed by atoms with van der Waals surface area (Å²) < 4.78 is 5.96. The van der Waals surface area contributed by atoms with E-state index in [0.29, 0.717) is 18.6 Å². The minimum absolute atomic E-state index is 0.0162. The van der Waals surface area contributed by atoms with E-state index in [1.165, 1.54) is 12.6 Å². The molecule has 1 aromatic carbocycles. The van der Waals surface area contributed by atoms with Gasteiger partial charge in [0.2, 0.25) is 0 Å². The quantitative estimate of drug-likeness (QED) is 0.807. The lowest BCUT2D eigenvalue weighted by Gasteiger charge is -2.00. The highest BCUT2D eigenvalue weighted by atomic mass is 79.9. The van der Waals surface area contributed by atoms with Gasteiger partial charge in [-0.2, -0.15) is 0 Å². The van der Waals surface area contributed by atoms with Crippen molar-refractivity contribution in [2.45, 2.75) is 12.8 Å². The first-order valence-corrected chi connectivity index (χ1v) is 5.71. The first-order chi connectivity index (χ1) is 7.75. The van der Waals surface area contributed by atoms with Crippen molar-refractivity contribution in [1.82, 2.24) is 4.98 Å². The maximum absolute atomic E-state index is 11.6. The number of benzene rings is 1. The molecular weight excluding hydrogens is 270 g/mol. The summed E-state index contributed by atoms with van der Waals surface area (Å²) in [6.07, 6.45) is 3.86. The normalized spacial score (nSPS) is 10.3. The average Bonchev–Trinajstić information content (AvgIpc) is 2.79. The second-order valence-electron chi connectivity index (χ2n) is 3.42. The first kappa shape index (κ1) is 11.1. The summed E-state index contributed by atoms with van der Waals surface area (Å²) in [5.74, 6) is 0.312. The van der Waals surface area contributed by atoms with Gasteiger partial charge in [-0.25, -0.2) is 4.98 Å². The minimum Gasteiger partial charge on any atom is -0.440 e. The van der Waals surface area contributed by atoms with Crippen LogP contribution in [0.2, 0.25) is 0 Å². The van der Waals surface area contributed by atoms with Gasteiger partial charge in [0.05, 0.1) is 6.20 Å². The Morgan fingerprint density at radius 3 is 3.00 bits per heavy atom. The molecule has 3 nitrogen and oxygen atoms in total. The van der Waals surface area contributed by atoms with E-state index >= 15 is 0 Å². The maximum atomic E-state index is 11.6. The number of hydrogen-bond donors (Lipinski definition) is 0. The van der Waals surface area contributed by atoms with Crippen molar-refractivity contribution in [2.24, 2.45) is 0 Å². The number of ketones is 1. The Kier molecular flexibility index (Phi) is 3.51. The van der Waals surface area contributed by atoms with E-state index in [1.807, 2.05) is 24.3 Å². The lowest BCUT2D eigenvalue weighted by molar-refractivity contribution is 0.0956. The number of Topliss-reactive ketones (excluding diaryl/α,β-unsaturated/α-hetero) is 1. The Bertz CT molecular complexity index is 480. The largest absolute Gasteiger partial charge is 0.440 e. The van der Waals surface area contributed by atoms with E-state index in [2.05, 4.69) is 20.9 Å². The zero-order chi connectivity index (χ0) is 11.4. The van der Waals surface area contributed by atoms with E-state index in [-0.39, 0.29) is 5.78 Å². The molecule has 0 spiro atoms. The van der Waals surface area contributed by atoms with E-state index in [1.54, 1.807) is 0 Å². The molecular formula is C12H10BrNO2. The summed E-state index contributed by atoms with van der Waals surface area (Å²) in [6.45, 7) is 0. The van der Waals surface area contributed by atoms with Gasteiger partial charge in [-0.05, 0) is 24.1 Å². The number of nitrogens with zero attached hydrogens (tertiary/aromatic N) is 1. The number of aryl methyl sites for hydroxylation is 1. The van der Waals surface area contributed by atoms with E-state index < -0.39 is 0 Å². The number of aromatic nitrogens is 1. The Hall–Kier alpha value is -1.42. The maximum Gasteiger partial charge on any atom is 0.200 e. The van der Waals surface area contributed by atoms with Crippen molar-refractivity contribution >= 4 is 21.7 Å². The van der Waals surface area contributed by atoms with Crippen LogP contribution in [0.15, 0.2) is 45.7 Å². The monoisotopic (exact) mass is 279 g/mol. The molecule has 0 amide bonds. The molecule has 0 N–H and O–H groups in total. The Morgan fingerprint density at radius 2 is 2.31 bits per heavy atom. The van der Waals surface area contributed by atoms with Gasteiger partial charge in [-0.1, -0.05) is 28.1 Å². The third kappa shape index (κ3) is 2.79. The van der Waals surface area contributed by atoms with Gasteiger partial charge in [0.1, 0.15) is 0 Å². The summed E-state index contributed by atoms with van der Waals surface area (Å²) in [6, 6.07) is 7.92. The Balaban J connectivity index is 1.95. The molecule has 0 radical (unpaired) electrons. The zero-order valence-electron chi connectivity index (χ0n) is 8.52. The SMILES string of the molecule is O=C(CCc1cccc(Br)c1)c1cnco1. The standard InChI is InChI=1S/C12H10BrNO2/c13-10-3-1-2-9(6-10)4-5-11(15)12-7-14-8-16-12/h1-3,6-8H,4-5H2. The van der Waals surface area contributed by atoms with Gasteiger partial charge in [0.15, 0.2) is 17.9 Å². The molecule has 0 aliphatic heterocycles. The predicted octanol–water partition coefficient (Wildman–Crippen LogP) is 3.25. The van der Waals surface area contributed by atoms with Crippen LogP contribution in [0.4, 0.5) is 0 Å². The molecule has 2 rings (SSSR count). The molecule has 82 valence electrons. The number of carbonyl (C=O) groups excluding carboxylic acids is 1. The highest BCUT2D eigenvalue weighted by Crippen LogP contribution is 2.14. The Labute approximate surface area is 102 Å². The second kappa shape index (κ2) is 5.07. The highest BCUT2D eigenvalue weighted by molar-refractivity contribution is 9.10. The van der Waals surface area contributed by atoms with Crippen LogP contribution in [0.5, 0.6) is 0 Å². The third-order valence-electron chi connectivity index (χ3n) is 2.24. The molecule has 0 aliphatic rings. The van der Waals surface area contributed by atoms with Gasteiger partial charge >= 0.3 is 0 Å². The molecule has 0 fully saturated rings.